The largest absolute Gasteiger partial charge is 0.369 e. The maximum Gasteiger partial charge on any atom is 0.152 e. The fraction of sp³-hybridized carbons (Fsp3) is 0.533. The maximum absolute atomic E-state index is 11.2. The lowest BCUT2D eigenvalue weighted by Gasteiger charge is -2.43. The Balaban J connectivity index is 2.33. The predicted molar refractivity (Wildman–Crippen MR) is 73.4 cm³/mol. The first-order chi connectivity index (χ1) is 8.41. The third kappa shape index (κ3) is 2.72. The van der Waals surface area contributed by atoms with E-state index in [0.29, 0.717) is 0 Å². The second-order valence-electron chi connectivity index (χ2n) is 5.75. The zero-order valence-corrected chi connectivity index (χ0v) is 11.6. The van der Waals surface area contributed by atoms with E-state index in [9.17, 15) is 4.79 Å². The number of morpholine rings is 1. The van der Waals surface area contributed by atoms with Crippen molar-refractivity contribution in [2.75, 3.05) is 18.0 Å². The van der Waals surface area contributed by atoms with Crippen LogP contribution in [0.4, 0.5) is 5.69 Å². The summed E-state index contributed by atoms with van der Waals surface area (Å²) in [6, 6.07) is 6.03. The van der Waals surface area contributed by atoms with Crippen LogP contribution in [-0.4, -0.2) is 31.1 Å². The normalized spacial score (nSPS) is 22.9. The summed E-state index contributed by atoms with van der Waals surface area (Å²) in [5.74, 6) is 0. The molecule has 0 spiro atoms. The lowest BCUT2D eigenvalue weighted by atomic mass is 10.0. The van der Waals surface area contributed by atoms with Crippen LogP contribution in [0.15, 0.2) is 18.2 Å². The summed E-state index contributed by atoms with van der Waals surface area (Å²) in [6.45, 7) is 9.88. The van der Waals surface area contributed by atoms with Gasteiger partial charge in [0.2, 0.25) is 0 Å². The van der Waals surface area contributed by atoms with Crippen LogP contribution in [0, 0.1) is 6.92 Å². The van der Waals surface area contributed by atoms with Crippen LogP contribution in [0.1, 0.15) is 36.7 Å². The molecule has 1 heterocycles. The molecule has 1 aliphatic heterocycles. The van der Waals surface area contributed by atoms with E-state index in [0.717, 1.165) is 36.2 Å². The zero-order chi connectivity index (χ0) is 13.3. The Morgan fingerprint density at radius 3 is 2.78 bits per heavy atom. The number of benzene rings is 1. The Morgan fingerprint density at radius 1 is 1.44 bits per heavy atom. The summed E-state index contributed by atoms with van der Waals surface area (Å²) in [5.41, 5.74) is 2.71. The second kappa shape index (κ2) is 4.73. The molecule has 1 unspecified atom stereocenters. The van der Waals surface area contributed by atoms with Crippen LogP contribution in [0.5, 0.6) is 0 Å². The molecule has 1 fully saturated rings. The zero-order valence-electron chi connectivity index (χ0n) is 11.6. The number of carbonyl (C=O) groups excluding carboxylic acids is 1. The molecule has 0 aromatic heterocycles. The first-order valence-electron chi connectivity index (χ1n) is 6.40. The summed E-state index contributed by atoms with van der Waals surface area (Å²) >= 11 is 0. The summed E-state index contributed by atoms with van der Waals surface area (Å²) in [7, 11) is 0. The van der Waals surface area contributed by atoms with Crippen LogP contribution in [0.2, 0.25) is 0 Å². The number of hydrogen-bond acceptors (Lipinski definition) is 3. The van der Waals surface area contributed by atoms with Crippen molar-refractivity contribution in [3.8, 4) is 0 Å². The van der Waals surface area contributed by atoms with E-state index >= 15 is 0 Å². The van der Waals surface area contributed by atoms with Gasteiger partial charge in [-0.05, 0) is 39.8 Å². The van der Waals surface area contributed by atoms with Gasteiger partial charge in [0.15, 0.2) is 6.29 Å². The van der Waals surface area contributed by atoms with Crippen LogP contribution < -0.4 is 4.90 Å². The summed E-state index contributed by atoms with van der Waals surface area (Å²) < 4.78 is 5.89. The van der Waals surface area contributed by atoms with Crippen LogP contribution in [0.25, 0.3) is 0 Å². The fourth-order valence-corrected chi connectivity index (χ4v) is 2.69. The van der Waals surface area contributed by atoms with Gasteiger partial charge in [-0.1, -0.05) is 11.6 Å². The van der Waals surface area contributed by atoms with Gasteiger partial charge < -0.3 is 9.64 Å². The third-order valence-corrected chi connectivity index (χ3v) is 3.22. The standard InChI is InChI=1S/C15H21NO2/c1-11-5-6-14(13(7-11)9-17)16-8-12(2)18-15(3,4)10-16/h5-7,9,12H,8,10H2,1-4H3. The Hall–Kier alpha value is -1.35. The smallest absolute Gasteiger partial charge is 0.152 e. The van der Waals surface area contributed by atoms with Crippen molar-refractivity contribution in [2.45, 2.75) is 39.4 Å². The molecule has 0 aliphatic carbocycles. The van der Waals surface area contributed by atoms with E-state index in [2.05, 4.69) is 31.7 Å². The van der Waals surface area contributed by atoms with Crippen molar-refractivity contribution in [1.82, 2.24) is 0 Å². The number of carbonyl (C=O) groups is 1. The summed E-state index contributed by atoms with van der Waals surface area (Å²) in [6.07, 6.45) is 1.12. The van der Waals surface area contributed by atoms with E-state index < -0.39 is 0 Å². The highest BCUT2D eigenvalue weighted by Crippen LogP contribution is 2.28. The van der Waals surface area contributed by atoms with Gasteiger partial charge in [-0.25, -0.2) is 0 Å². The van der Waals surface area contributed by atoms with Crippen molar-refractivity contribution in [1.29, 1.82) is 0 Å². The molecule has 98 valence electrons. The molecule has 1 atom stereocenters. The minimum Gasteiger partial charge on any atom is -0.369 e. The van der Waals surface area contributed by atoms with Crippen LogP contribution in [0.3, 0.4) is 0 Å². The fourth-order valence-electron chi connectivity index (χ4n) is 2.69. The van der Waals surface area contributed by atoms with E-state index in [1.165, 1.54) is 0 Å². The maximum atomic E-state index is 11.2. The van der Waals surface area contributed by atoms with Gasteiger partial charge in [-0.3, -0.25) is 4.79 Å². The molecule has 0 amide bonds. The molecule has 0 radical (unpaired) electrons. The highest BCUT2D eigenvalue weighted by molar-refractivity contribution is 5.85. The van der Waals surface area contributed by atoms with E-state index in [1.807, 2.05) is 19.1 Å². The number of rotatable bonds is 2. The van der Waals surface area contributed by atoms with Gasteiger partial charge >= 0.3 is 0 Å². The van der Waals surface area contributed by atoms with Gasteiger partial charge in [0.25, 0.3) is 0 Å². The molecule has 2 rings (SSSR count). The van der Waals surface area contributed by atoms with Crippen molar-refractivity contribution >= 4 is 12.0 Å². The van der Waals surface area contributed by atoms with Crippen molar-refractivity contribution < 1.29 is 9.53 Å². The van der Waals surface area contributed by atoms with E-state index in [-0.39, 0.29) is 11.7 Å². The monoisotopic (exact) mass is 247 g/mol. The second-order valence-corrected chi connectivity index (χ2v) is 5.75. The summed E-state index contributed by atoms with van der Waals surface area (Å²) in [5, 5.41) is 0. The van der Waals surface area contributed by atoms with Gasteiger partial charge in [-0.2, -0.15) is 0 Å². The van der Waals surface area contributed by atoms with Gasteiger partial charge in [0.1, 0.15) is 0 Å². The molecule has 1 aromatic rings. The number of aldehydes is 1. The van der Waals surface area contributed by atoms with Crippen LogP contribution in [-0.2, 0) is 4.74 Å². The van der Waals surface area contributed by atoms with Gasteiger partial charge in [0.05, 0.1) is 11.7 Å². The molecule has 3 heteroatoms. The molecular formula is C15H21NO2. The molecule has 0 saturated carbocycles. The average Bonchev–Trinajstić information content (AvgIpc) is 2.25. The lowest BCUT2D eigenvalue weighted by molar-refractivity contribution is -0.0749. The Labute approximate surface area is 109 Å². The third-order valence-electron chi connectivity index (χ3n) is 3.22. The number of aryl methyl sites for hydroxylation is 1. The Bertz CT molecular complexity index is 454. The first kappa shape index (κ1) is 13.1. The molecule has 1 saturated heterocycles. The highest BCUT2D eigenvalue weighted by Gasteiger charge is 2.32. The lowest BCUT2D eigenvalue weighted by Crippen LogP contribution is -2.52. The first-order valence-corrected chi connectivity index (χ1v) is 6.40. The van der Waals surface area contributed by atoms with E-state index in [4.69, 9.17) is 4.74 Å². The molecule has 3 nitrogen and oxygen atoms in total. The van der Waals surface area contributed by atoms with E-state index in [1.54, 1.807) is 0 Å². The number of ether oxygens (including phenoxy) is 1. The Kier molecular flexibility index (Phi) is 3.44. The number of nitrogens with zero attached hydrogens (tertiary/aromatic N) is 1. The molecule has 0 bridgehead atoms. The molecule has 1 aliphatic rings. The van der Waals surface area contributed by atoms with Crippen molar-refractivity contribution in [3.63, 3.8) is 0 Å². The summed E-state index contributed by atoms with van der Waals surface area (Å²) in [4.78, 5) is 13.5. The number of hydrogen-bond donors (Lipinski definition) is 0. The highest BCUT2D eigenvalue weighted by atomic mass is 16.5. The molecule has 0 N–H and O–H groups in total. The average molecular weight is 247 g/mol. The molecule has 18 heavy (non-hydrogen) atoms. The minimum atomic E-state index is -0.178. The van der Waals surface area contributed by atoms with Crippen molar-refractivity contribution in [2.24, 2.45) is 0 Å². The SMILES string of the molecule is Cc1ccc(N2CC(C)OC(C)(C)C2)c(C=O)c1. The topological polar surface area (TPSA) is 29.5 Å². The van der Waals surface area contributed by atoms with Crippen molar-refractivity contribution in [3.05, 3.63) is 29.3 Å². The quantitative estimate of drug-likeness (QED) is 0.753. The number of anilines is 1. The van der Waals surface area contributed by atoms with Crippen LogP contribution >= 0.6 is 0 Å². The van der Waals surface area contributed by atoms with Gasteiger partial charge in [-0.15, -0.1) is 0 Å². The van der Waals surface area contributed by atoms with Gasteiger partial charge in [0, 0.05) is 24.3 Å². The minimum absolute atomic E-state index is 0.176. The molecule has 1 aromatic carbocycles. The Morgan fingerprint density at radius 2 is 2.17 bits per heavy atom. The molecular weight excluding hydrogens is 226 g/mol. The predicted octanol–water partition coefficient (Wildman–Crippen LogP) is 2.81.